The van der Waals surface area contributed by atoms with Crippen molar-refractivity contribution in [2.24, 2.45) is 5.16 Å². The number of ether oxygens (including phenoxy) is 1. The topological polar surface area (TPSA) is 76.0 Å². The standard InChI is InChI=1S/C11H10BrNO4/c1-2-17-11(15)9(13-16)10(14)7-3-5-8(12)6-4-7/h3-6,16H,2H2,1H3/b13-9-. The van der Waals surface area contributed by atoms with Gasteiger partial charge < -0.3 is 9.94 Å². The molecule has 0 aliphatic carbocycles. The van der Waals surface area contributed by atoms with Crippen molar-refractivity contribution in [3.63, 3.8) is 0 Å². The molecule has 0 aliphatic heterocycles. The third-order valence-electron chi connectivity index (χ3n) is 1.89. The van der Waals surface area contributed by atoms with Crippen LogP contribution in [-0.2, 0) is 9.53 Å². The van der Waals surface area contributed by atoms with E-state index in [1.807, 2.05) is 0 Å². The zero-order valence-corrected chi connectivity index (χ0v) is 10.6. The molecule has 0 radical (unpaired) electrons. The van der Waals surface area contributed by atoms with Crippen LogP contribution in [0.2, 0.25) is 0 Å². The van der Waals surface area contributed by atoms with E-state index in [1.54, 1.807) is 19.1 Å². The zero-order chi connectivity index (χ0) is 12.8. The van der Waals surface area contributed by atoms with Crippen LogP contribution in [0.1, 0.15) is 17.3 Å². The van der Waals surface area contributed by atoms with Gasteiger partial charge in [-0.2, -0.15) is 0 Å². The minimum atomic E-state index is -0.942. The smallest absolute Gasteiger partial charge is 0.364 e. The van der Waals surface area contributed by atoms with E-state index in [2.05, 4.69) is 25.8 Å². The van der Waals surface area contributed by atoms with Crippen LogP contribution in [0.5, 0.6) is 0 Å². The number of rotatable bonds is 4. The normalized spacial score (nSPS) is 11.1. The molecule has 17 heavy (non-hydrogen) atoms. The van der Waals surface area contributed by atoms with E-state index in [-0.39, 0.29) is 12.2 Å². The number of Topliss-reactive ketones (excluding diaryl/α,β-unsaturated/α-hetero) is 1. The molecule has 1 N–H and O–H groups in total. The molecule has 0 fully saturated rings. The summed E-state index contributed by atoms with van der Waals surface area (Å²) in [4.78, 5) is 23.1. The summed E-state index contributed by atoms with van der Waals surface area (Å²) >= 11 is 3.22. The highest BCUT2D eigenvalue weighted by Gasteiger charge is 2.23. The number of esters is 1. The molecule has 6 heteroatoms. The fraction of sp³-hybridized carbons (Fsp3) is 0.182. The fourth-order valence-electron chi connectivity index (χ4n) is 1.12. The van der Waals surface area contributed by atoms with Gasteiger partial charge in [-0.25, -0.2) is 4.79 Å². The third kappa shape index (κ3) is 3.39. The Morgan fingerprint density at radius 2 is 1.94 bits per heavy atom. The molecule has 0 saturated carbocycles. The number of nitrogens with zero attached hydrogens (tertiary/aromatic N) is 1. The van der Waals surface area contributed by atoms with Gasteiger partial charge in [-0.3, -0.25) is 4.79 Å². The van der Waals surface area contributed by atoms with Crippen molar-refractivity contribution in [2.45, 2.75) is 6.92 Å². The summed E-state index contributed by atoms with van der Waals surface area (Å²) < 4.78 is 5.40. The van der Waals surface area contributed by atoms with Crippen LogP contribution in [0.25, 0.3) is 0 Å². The summed E-state index contributed by atoms with van der Waals surface area (Å²) in [7, 11) is 0. The van der Waals surface area contributed by atoms with Gasteiger partial charge in [-0.05, 0) is 31.2 Å². The van der Waals surface area contributed by atoms with E-state index in [9.17, 15) is 9.59 Å². The van der Waals surface area contributed by atoms with Gasteiger partial charge in [-0.1, -0.05) is 21.1 Å². The Hall–Kier alpha value is -1.69. The second-order valence-electron chi connectivity index (χ2n) is 3.01. The largest absolute Gasteiger partial charge is 0.461 e. The molecule has 1 aromatic carbocycles. The number of hydrogen-bond donors (Lipinski definition) is 1. The first-order chi connectivity index (χ1) is 8.10. The zero-order valence-electron chi connectivity index (χ0n) is 9.01. The number of benzene rings is 1. The Labute approximate surface area is 106 Å². The third-order valence-corrected chi connectivity index (χ3v) is 2.42. The summed E-state index contributed by atoms with van der Waals surface area (Å²) in [5.74, 6) is -1.62. The van der Waals surface area contributed by atoms with Crippen molar-refractivity contribution < 1.29 is 19.5 Å². The first kappa shape index (κ1) is 13.4. The van der Waals surface area contributed by atoms with E-state index in [4.69, 9.17) is 5.21 Å². The van der Waals surface area contributed by atoms with Crippen molar-refractivity contribution in [1.29, 1.82) is 0 Å². The molecule has 0 aromatic heterocycles. The van der Waals surface area contributed by atoms with Gasteiger partial charge in [0.1, 0.15) is 0 Å². The Morgan fingerprint density at radius 3 is 2.41 bits per heavy atom. The Balaban J connectivity index is 2.95. The van der Waals surface area contributed by atoms with Gasteiger partial charge in [0.15, 0.2) is 0 Å². The highest BCUT2D eigenvalue weighted by molar-refractivity contribution is 9.10. The van der Waals surface area contributed by atoms with Crippen molar-refractivity contribution in [1.82, 2.24) is 0 Å². The molecule has 1 rings (SSSR count). The van der Waals surface area contributed by atoms with Crippen LogP contribution in [0.4, 0.5) is 0 Å². The van der Waals surface area contributed by atoms with Crippen LogP contribution in [-0.4, -0.2) is 29.3 Å². The lowest BCUT2D eigenvalue weighted by Gasteiger charge is -2.03. The maximum atomic E-state index is 11.8. The predicted octanol–water partition coefficient (Wildman–Crippen LogP) is 2.03. The van der Waals surface area contributed by atoms with Crippen LogP contribution >= 0.6 is 15.9 Å². The number of oxime groups is 1. The minimum Gasteiger partial charge on any atom is -0.461 e. The van der Waals surface area contributed by atoms with Gasteiger partial charge in [0.2, 0.25) is 11.5 Å². The van der Waals surface area contributed by atoms with Crippen LogP contribution in [0.3, 0.4) is 0 Å². The molecule has 0 atom stereocenters. The molecule has 0 spiro atoms. The quantitative estimate of drug-likeness (QED) is 0.230. The summed E-state index contributed by atoms with van der Waals surface area (Å²) in [6.07, 6.45) is 0. The Morgan fingerprint density at radius 1 is 1.35 bits per heavy atom. The van der Waals surface area contributed by atoms with Gasteiger partial charge in [0.05, 0.1) is 6.61 Å². The Kier molecular flexibility index (Phi) is 4.84. The molecule has 90 valence electrons. The number of carbonyl (C=O) groups is 2. The molecule has 0 aliphatic rings. The van der Waals surface area contributed by atoms with E-state index >= 15 is 0 Å². The molecule has 0 saturated heterocycles. The van der Waals surface area contributed by atoms with Gasteiger partial charge >= 0.3 is 5.97 Å². The second kappa shape index (κ2) is 6.15. The summed E-state index contributed by atoms with van der Waals surface area (Å²) in [6, 6.07) is 6.31. The number of carbonyl (C=O) groups excluding carboxylic acids is 2. The van der Waals surface area contributed by atoms with Crippen LogP contribution in [0, 0.1) is 0 Å². The molecule has 0 amide bonds. The van der Waals surface area contributed by atoms with E-state index in [1.165, 1.54) is 12.1 Å². The Bertz CT molecular complexity index is 453. The van der Waals surface area contributed by atoms with Crippen LogP contribution < -0.4 is 0 Å². The van der Waals surface area contributed by atoms with Gasteiger partial charge in [-0.15, -0.1) is 0 Å². The highest BCUT2D eigenvalue weighted by Crippen LogP contribution is 2.11. The first-order valence-electron chi connectivity index (χ1n) is 4.79. The van der Waals surface area contributed by atoms with Crippen molar-refractivity contribution in [3.8, 4) is 0 Å². The molecule has 1 aromatic rings. The van der Waals surface area contributed by atoms with Crippen LogP contribution in [0.15, 0.2) is 33.9 Å². The van der Waals surface area contributed by atoms with E-state index in [0.29, 0.717) is 0 Å². The van der Waals surface area contributed by atoms with Crippen molar-refractivity contribution in [3.05, 3.63) is 34.3 Å². The van der Waals surface area contributed by atoms with Gasteiger partial charge in [0, 0.05) is 10.0 Å². The number of hydrogen-bond acceptors (Lipinski definition) is 5. The van der Waals surface area contributed by atoms with Crippen molar-refractivity contribution in [2.75, 3.05) is 6.61 Å². The van der Waals surface area contributed by atoms with E-state index in [0.717, 1.165) is 4.47 Å². The number of ketones is 1. The highest BCUT2D eigenvalue weighted by atomic mass is 79.9. The van der Waals surface area contributed by atoms with Crippen molar-refractivity contribution >= 4 is 33.4 Å². The summed E-state index contributed by atoms with van der Waals surface area (Å²) in [5, 5.41) is 11.4. The average molecular weight is 300 g/mol. The monoisotopic (exact) mass is 299 g/mol. The average Bonchev–Trinajstić information content (AvgIpc) is 2.31. The molecular formula is C11H10BrNO4. The lowest BCUT2D eigenvalue weighted by Crippen LogP contribution is -2.26. The maximum absolute atomic E-state index is 11.8. The fourth-order valence-corrected chi connectivity index (χ4v) is 1.38. The minimum absolute atomic E-state index is 0.103. The molecule has 0 bridgehead atoms. The van der Waals surface area contributed by atoms with E-state index < -0.39 is 17.5 Å². The predicted molar refractivity (Wildman–Crippen MR) is 64.3 cm³/mol. The summed E-state index contributed by atoms with van der Waals surface area (Å²) in [5.41, 5.74) is -0.386. The molecule has 0 unspecified atom stereocenters. The summed E-state index contributed by atoms with van der Waals surface area (Å²) in [6.45, 7) is 1.70. The molecule has 5 nitrogen and oxygen atoms in total. The van der Waals surface area contributed by atoms with Gasteiger partial charge in [0.25, 0.3) is 0 Å². The maximum Gasteiger partial charge on any atom is 0.364 e. The number of halogens is 1. The molecule has 0 heterocycles. The SMILES string of the molecule is CCOC(=O)/C(=N\O)C(=O)c1ccc(Br)cc1. The lowest BCUT2D eigenvalue weighted by molar-refractivity contribution is -0.135. The molecular weight excluding hydrogens is 290 g/mol. The lowest BCUT2D eigenvalue weighted by atomic mass is 10.1. The first-order valence-corrected chi connectivity index (χ1v) is 5.59. The second-order valence-corrected chi connectivity index (χ2v) is 3.92.